The molecule has 0 radical (unpaired) electrons. The minimum atomic E-state index is -1.00. The predicted molar refractivity (Wildman–Crippen MR) is 82.0 cm³/mol. The molecule has 0 aliphatic heterocycles. The van der Waals surface area contributed by atoms with Gasteiger partial charge in [0.25, 0.3) is 5.91 Å². The van der Waals surface area contributed by atoms with Crippen molar-refractivity contribution in [3.05, 3.63) is 40.4 Å². The first-order valence-corrected chi connectivity index (χ1v) is 7.60. The minimum Gasteiger partial charge on any atom is -0.496 e. The molecule has 1 aromatic heterocycles. The van der Waals surface area contributed by atoms with Crippen molar-refractivity contribution in [2.24, 2.45) is 0 Å². The molecule has 1 amide bonds. The summed E-state index contributed by atoms with van der Waals surface area (Å²) in [6.45, 7) is 0. The van der Waals surface area contributed by atoms with Crippen LogP contribution in [0.15, 0.2) is 24.3 Å². The number of carbonyl (C=O) groups is 2. The molecule has 0 spiro atoms. The molecule has 0 saturated heterocycles. The van der Waals surface area contributed by atoms with Crippen LogP contribution in [0.5, 0.6) is 5.75 Å². The van der Waals surface area contributed by atoms with E-state index >= 15 is 0 Å². The molecule has 0 unspecified atom stereocenters. The predicted octanol–water partition coefficient (Wildman–Crippen LogP) is 2.98. The van der Waals surface area contributed by atoms with E-state index < -0.39 is 5.97 Å². The average molecular weight is 318 g/mol. The number of rotatable bonds is 5. The molecule has 1 aromatic carbocycles. The molecular weight excluding hydrogens is 304 g/mol. The van der Waals surface area contributed by atoms with Gasteiger partial charge >= 0.3 is 5.97 Å². The fraction of sp³-hybridized carbons (Fsp3) is 0.267. The smallest absolute Gasteiger partial charge is 0.347 e. The number of ether oxygens (including phenoxy) is 1. The summed E-state index contributed by atoms with van der Waals surface area (Å²) >= 11 is 0.989. The highest BCUT2D eigenvalue weighted by Crippen LogP contribution is 2.43. The van der Waals surface area contributed by atoms with E-state index in [0.29, 0.717) is 22.1 Å². The van der Waals surface area contributed by atoms with Crippen molar-refractivity contribution < 1.29 is 19.4 Å². The Balaban J connectivity index is 1.85. The molecule has 1 saturated carbocycles. The van der Waals surface area contributed by atoms with Gasteiger partial charge in [0, 0.05) is 5.92 Å². The van der Waals surface area contributed by atoms with Crippen LogP contribution in [0.2, 0.25) is 0 Å². The first-order chi connectivity index (χ1) is 10.6. The van der Waals surface area contributed by atoms with Gasteiger partial charge in [0.15, 0.2) is 5.13 Å². The number of carboxylic acids is 1. The van der Waals surface area contributed by atoms with Gasteiger partial charge in [-0.1, -0.05) is 23.5 Å². The van der Waals surface area contributed by atoms with E-state index in [0.717, 1.165) is 24.2 Å². The molecule has 2 N–H and O–H groups in total. The normalized spacial score (nSPS) is 13.7. The van der Waals surface area contributed by atoms with Crippen molar-refractivity contribution in [2.45, 2.75) is 18.8 Å². The quantitative estimate of drug-likeness (QED) is 0.884. The second-order valence-electron chi connectivity index (χ2n) is 4.97. The van der Waals surface area contributed by atoms with Gasteiger partial charge in [0.1, 0.15) is 10.6 Å². The van der Waals surface area contributed by atoms with Gasteiger partial charge in [-0.25, -0.2) is 9.78 Å². The Bertz CT molecular complexity index is 737. The second kappa shape index (κ2) is 5.76. The largest absolute Gasteiger partial charge is 0.496 e. The lowest BCUT2D eigenvalue weighted by Crippen LogP contribution is -2.12. The first kappa shape index (κ1) is 14.5. The van der Waals surface area contributed by atoms with Crippen LogP contribution >= 0.6 is 11.3 Å². The highest BCUT2D eigenvalue weighted by atomic mass is 32.1. The van der Waals surface area contributed by atoms with Crippen molar-refractivity contribution in [1.29, 1.82) is 0 Å². The number of carboxylic acid groups (broad SMARTS) is 1. The molecule has 7 heteroatoms. The first-order valence-electron chi connectivity index (χ1n) is 6.78. The SMILES string of the molecule is COc1ccccc1C(=O)Nc1nc(C2CC2)c(C(=O)O)s1. The Morgan fingerprint density at radius 3 is 2.73 bits per heavy atom. The maximum atomic E-state index is 12.3. The zero-order valence-electron chi connectivity index (χ0n) is 11.8. The van der Waals surface area contributed by atoms with Crippen LogP contribution in [-0.4, -0.2) is 29.1 Å². The number of para-hydroxylation sites is 1. The summed E-state index contributed by atoms with van der Waals surface area (Å²) in [6.07, 6.45) is 1.90. The zero-order chi connectivity index (χ0) is 15.7. The number of aromatic nitrogens is 1. The van der Waals surface area contributed by atoms with Crippen LogP contribution in [0.3, 0.4) is 0 Å². The Hall–Kier alpha value is -2.41. The molecular formula is C15H14N2O4S. The van der Waals surface area contributed by atoms with E-state index in [9.17, 15) is 14.7 Å². The van der Waals surface area contributed by atoms with Gasteiger partial charge in [0.05, 0.1) is 18.4 Å². The number of hydrogen-bond donors (Lipinski definition) is 2. The maximum absolute atomic E-state index is 12.3. The molecule has 0 atom stereocenters. The average Bonchev–Trinajstić information content (AvgIpc) is 3.27. The summed E-state index contributed by atoms with van der Waals surface area (Å²) < 4.78 is 5.15. The topological polar surface area (TPSA) is 88.5 Å². The van der Waals surface area contributed by atoms with Crippen LogP contribution in [0.4, 0.5) is 5.13 Å². The van der Waals surface area contributed by atoms with Gasteiger partial charge in [-0.2, -0.15) is 0 Å². The summed E-state index contributed by atoms with van der Waals surface area (Å²) in [5.74, 6) is -0.709. The fourth-order valence-electron chi connectivity index (χ4n) is 2.17. The third-order valence-corrected chi connectivity index (χ3v) is 4.36. The van der Waals surface area contributed by atoms with Gasteiger partial charge in [0.2, 0.25) is 0 Å². The molecule has 114 valence electrons. The van der Waals surface area contributed by atoms with Gasteiger partial charge < -0.3 is 9.84 Å². The van der Waals surface area contributed by atoms with Crippen molar-refractivity contribution in [1.82, 2.24) is 4.98 Å². The van der Waals surface area contributed by atoms with E-state index in [1.54, 1.807) is 24.3 Å². The number of aromatic carboxylic acids is 1. The standard InChI is InChI=1S/C15H14N2O4S/c1-21-10-5-3-2-4-9(10)13(18)17-15-16-11(8-6-7-8)12(22-15)14(19)20/h2-5,8H,6-7H2,1H3,(H,19,20)(H,16,17,18). The number of methoxy groups -OCH3 is 1. The number of nitrogens with one attached hydrogen (secondary N) is 1. The van der Waals surface area contributed by atoms with Crippen LogP contribution in [-0.2, 0) is 0 Å². The minimum absolute atomic E-state index is 0.206. The Morgan fingerprint density at radius 2 is 2.09 bits per heavy atom. The van der Waals surface area contributed by atoms with Crippen molar-refractivity contribution in [3.8, 4) is 5.75 Å². The number of benzene rings is 1. The molecule has 3 rings (SSSR count). The third kappa shape index (κ3) is 2.80. The third-order valence-electron chi connectivity index (χ3n) is 3.38. The number of anilines is 1. The van der Waals surface area contributed by atoms with Crippen molar-refractivity contribution >= 4 is 28.3 Å². The summed E-state index contributed by atoms with van der Waals surface area (Å²) in [4.78, 5) is 28.0. The number of carbonyl (C=O) groups excluding carboxylic acids is 1. The van der Waals surface area contributed by atoms with E-state index in [-0.39, 0.29) is 16.7 Å². The van der Waals surface area contributed by atoms with E-state index in [2.05, 4.69) is 10.3 Å². The van der Waals surface area contributed by atoms with Crippen LogP contribution in [0.1, 0.15) is 44.5 Å². The monoisotopic (exact) mass is 318 g/mol. The number of thiazole rings is 1. The van der Waals surface area contributed by atoms with E-state index in [4.69, 9.17) is 4.74 Å². The Kier molecular flexibility index (Phi) is 3.81. The summed E-state index contributed by atoms with van der Waals surface area (Å²) in [6, 6.07) is 6.83. The Morgan fingerprint density at radius 1 is 1.36 bits per heavy atom. The van der Waals surface area contributed by atoms with Crippen LogP contribution in [0.25, 0.3) is 0 Å². The lowest BCUT2D eigenvalue weighted by molar-refractivity contribution is 0.0700. The molecule has 1 heterocycles. The van der Waals surface area contributed by atoms with E-state index in [1.807, 2.05) is 0 Å². The molecule has 0 bridgehead atoms. The number of amides is 1. The molecule has 1 aliphatic carbocycles. The second-order valence-corrected chi connectivity index (χ2v) is 5.97. The van der Waals surface area contributed by atoms with E-state index in [1.165, 1.54) is 7.11 Å². The summed E-state index contributed by atoms with van der Waals surface area (Å²) in [7, 11) is 1.49. The maximum Gasteiger partial charge on any atom is 0.347 e. The molecule has 1 aliphatic rings. The summed E-state index contributed by atoms with van der Waals surface area (Å²) in [5.41, 5.74) is 0.956. The van der Waals surface area contributed by atoms with Crippen LogP contribution in [0, 0.1) is 0 Å². The van der Waals surface area contributed by atoms with Crippen molar-refractivity contribution in [2.75, 3.05) is 12.4 Å². The number of hydrogen-bond acceptors (Lipinski definition) is 5. The Labute approximate surface area is 130 Å². The molecule has 2 aromatic rings. The van der Waals surface area contributed by atoms with Gasteiger partial charge in [-0.15, -0.1) is 0 Å². The highest BCUT2D eigenvalue weighted by molar-refractivity contribution is 7.17. The number of nitrogens with zero attached hydrogens (tertiary/aromatic N) is 1. The molecule has 22 heavy (non-hydrogen) atoms. The van der Waals surface area contributed by atoms with Gasteiger partial charge in [-0.05, 0) is 25.0 Å². The van der Waals surface area contributed by atoms with Gasteiger partial charge in [-0.3, -0.25) is 10.1 Å². The molecule has 6 nitrogen and oxygen atoms in total. The fourth-order valence-corrected chi connectivity index (χ4v) is 3.05. The van der Waals surface area contributed by atoms with Crippen molar-refractivity contribution in [3.63, 3.8) is 0 Å². The highest BCUT2D eigenvalue weighted by Gasteiger charge is 2.32. The molecule has 1 fully saturated rings. The van der Waals surface area contributed by atoms with Crippen LogP contribution < -0.4 is 10.1 Å². The lowest BCUT2D eigenvalue weighted by atomic mass is 10.2. The summed E-state index contributed by atoms with van der Waals surface area (Å²) in [5, 5.41) is 12.2. The lowest BCUT2D eigenvalue weighted by Gasteiger charge is -2.06. The zero-order valence-corrected chi connectivity index (χ0v) is 12.6.